The maximum absolute atomic E-state index is 12.2. The third-order valence-electron chi connectivity index (χ3n) is 3.50. The molecule has 1 aromatic heterocycles. The van der Waals surface area contributed by atoms with Crippen LogP contribution in [0, 0.1) is 0 Å². The Morgan fingerprint density at radius 1 is 1.30 bits per heavy atom. The van der Waals surface area contributed by atoms with Gasteiger partial charge in [-0.05, 0) is 33.6 Å². The van der Waals surface area contributed by atoms with Gasteiger partial charge in [-0.2, -0.15) is 4.37 Å². The van der Waals surface area contributed by atoms with Crippen molar-refractivity contribution in [3.8, 4) is 0 Å². The lowest BCUT2D eigenvalue weighted by molar-refractivity contribution is 0.0206. The monoisotopic (exact) mass is 340 g/mol. The lowest BCUT2D eigenvalue weighted by atomic mass is 9.96. The van der Waals surface area contributed by atoms with Gasteiger partial charge in [0.25, 0.3) is 0 Å². The third kappa shape index (κ3) is 5.34. The number of nitrogens with one attached hydrogen (secondary N) is 1. The second-order valence-corrected chi connectivity index (χ2v) is 8.83. The fourth-order valence-corrected chi connectivity index (χ4v) is 3.18. The highest BCUT2D eigenvalue weighted by molar-refractivity contribution is 7.09. The van der Waals surface area contributed by atoms with Gasteiger partial charge in [0, 0.05) is 36.1 Å². The first kappa shape index (κ1) is 18.0. The summed E-state index contributed by atoms with van der Waals surface area (Å²) in [4.78, 5) is 18.5. The van der Waals surface area contributed by atoms with E-state index < -0.39 is 5.60 Å². The molecule has 1 atom stereocenters. The minimum Gasteiger partial charge on any atom is -0.444 e. The third-order valence-corrected chi connectivity index (χ3v) is 4.14. The molecule has 0 aliphatic carbocycles. The molecule has 1 aliphatic heterocycles. The van der Waals surface area contributed by atoms with E-state index in [1.165, 1.54) is 11.5 Å². The van der Waals surface area contributed by atoms with Crippen molar-refractivity contribution >= 4 is 22.8 Å². The fraction of sp³-hybridized carbons (Fsp3) is 0.812. The van der Waals surface area contributed by atoms with E-state index in [2.05, 4.69) is 35.4 Å². The molecule has 0 bridgehead atoms. The Labute approximate surface area is 142 Å². The highest BCUT2D eigenvalue weighted by Gasteiger charge is 2.28. The smallest absolute Gasteiger partial charge is 0.410 e. The lowest BCUT2D eigenvalue weighted by Crippen LogP contribution is -2.46. The molecule has 1 N–H and O–H groups in total. The molecule has 1 aliphatic rings. The van der Waals surface area contributed by atoms with Gasteiger partial charge in [0.05, 0.1) is 0 Å². The quantitative estimate of drug-likeness (QED) is 0.890. The number of hydrogen-bond acceptors (Lipinski definition) is 6. The maximum atomic E-state index is 12.2. The Morgan fingerprint density at radius 3 is 2.57 bits per heavy atom. The molecule has 23 heavy (non-hydrogen) atoms. The standard InChI is InChI=1S/C16H28N4O2S/c1-15(2,3)12-18-13(23-19-12)17-11-8-7-9-20(10-11)14(21)22-16(4,5)6/h11H,7-10H2,1-6H3,(H,17,18,19). The lowest BCUT2D eigenvalue weighted by Gasteiger charge is -2.34. The minimum absolute atomic E-state index is 0.0501. The largest absolute Gasteiger partial charge is 0.444 e. The molecule has 2 rings (SSSR count). The van der Waals surface area contributed by atoms with Gasteiger partial charge in [-0.1, -0.05) is 20.8 Å². The Balaban J connectivity index is 1.94. The van der Waals surface area contributed by atoms with Crippen molar-refractivity contribution in [2.75, 3.05) is 18.4 Å². The number of aromatic nitrogens is 2. The van der Waals surface area contributed by atoms with Crippen LogP contribution < -0.4 is 5.32 Å². The molecule has 1 fully saturated rings. The topological polar surface area (TPSA) is 67.3 Å². The van der Waals surface area contributed by atoms with Crippen LogP contribution in [0.4, 0.5) is 9.93 Å². The van der Waals surface area contributed by atoms with Gasteiger partial charge in [0.15, 0.2) is 0 Å². The first-order valence-electron chi connectivity index (χ1n) is 8.13. The van der Waals surface area contributed by atoms with E-state index in [0.717, 1.165) is 30.3 Å². The zero-order valence-electron chi connectivity index (χ0n) is 15.0. The Bertz CT molecular complexity index is 545. The number of carbonyl (C=O) groups is 1. The van der Waals surface area contributed by atoms with Crippen molar-refractivity contribution in [1.82, 2.24) is 14.3 Å². The molecule has 1 aromatic rings. The molecule has 6 nitrogen and oxygen atoms in total. The van der Waals surface area contributed by atoms with Crippen molar-refractivity contribution < 1.29 is 9.53 Å². The molecule has 0 saturated carbocycles. The minimum atomic E-state index is -0.460. The Kier molecular flexibility index (Phi) is 5.18. The van der Waals surface area contributed by atoms with Gasteiger partial charge in [0.2, 0.25) is 5.13 Å². The number of anilines is 1. The summed E-state index contributed by atoms with van der Waals surface area (Å²) < 4.78 is 9.88. The number of amides is 1. The van der Waals surface area contributed by atoms with Crippen LogP contribution >= 0.6 is 11.5 Å². The van der Waals surface area contributed by atoms with E-state index in [1.54, 1.807) is 4.90 Å². The molecule has 1 unspecified atom stereocenters. The SMILES string of the molecule is CC(C)(C)OC(=O)N1CCCC(Nc2nc(C(C)(C)C)ns2)C1. The second kappa shape index (κ2) is 6.63. The Hall–Kier alpha value is -1.37. The molecule has 7 heteroatoms. The summed E-state index contributed by atoms with van der Waals surface area (Å²) in [6, 6.07) is 0.192. The van der Waals surface area contributed by atoms with E-state index in [4.69, 9.17) is 4.74 Å². The molecule has 1 saturated heterocycles. The molecule has 2 heterocycles. The number of piperidine rings is 1. The highest BCUT2D eigenvalue weighted by atomic mass is 32.1. The maximum Gasteiger partial charge on any atom is 0.410 e. The molecule has 0 aromatic carbocycles. The number of ether oxygens (including phenoxy) is 1. The van der Waals surface area contributed by atoms with Crippen LogP contribution in [0.3, 0.4) is 0 Å². The molecule has 0 radical (unpaired) electrons. The van der Waals surface area contributed by atoms with Gasteiger partial charge in [-0.3, -0.25) is 0 Å². The van der Waals surface area contributed by atoms with Gasteiger partial charge < -0.3 is 15.0 Å². The average molecular weight is 340 g/mol. The zero-order chi connectivity index (χ0) is 17.3. The van der Waals surface area contributed by atoms with E-state index in [9.17, 15) is 4.79 Å². The summed E-state index contributed by atoms with van der Waals surface area (Å²) in [7, 11) is 0. The average Bonchev–Trinajstić information content (AvgIpc) is 2.85. The van der Waals surface area contributed by atoms with Crippen LogP contribution in [0.25, 0.3) is 0 Å². The summed E-state index contributed by atoms with van der Waals surface area (Å²) in [5, 5.41) is 4.24. The van der Waals surface area contributed by atoms with Crippen molar-refractivity contribution in [1.29, 1.82) is 0 Å². The molecule has 130 valence electrons. The van der Waals surface area contributed by atoms with Crippen molar-refractivity contribution in [2.45, 2.75) is 71.4 Å². The molecule has 0 spiro atoms. The number of nitrogens with zero attached hydrogens (tertiary/aromatic N) is 3. The summed E-state index contributed by atoms with van der Waals surface area (Å²) in [5.74, 6) is 0.852. The van der Waals surface area contributed by atoms with Crippen LogP contribution in [0.15, 0.2) is 0 Å². The summed E-state index contributed by atoms with van der Waals surface area (Å²) >= 11 is 1.38. The molecule has 1 amide bonds. The van der Waals surface area contributed by atoms with E-state index in [1.807, 2.05) is 20.8 Å². The van der Waals surface area contributed by atoms with Crippen molar-refractivity contribution in [2.24, 2.45) is 0 Å². The van der Waals surface area contributed by atoms with Gasteiger partial charge >= 0.3 is 6.09 Å². The first-order chi connectivity index (χ1) is 10.5. The normalized spacial score (nSPS) is 19.6. The summed E-state index contributed by atoms with van der Waals surface area (Å²) in [5.41, 5.74) is -0.510. The van der Waals surface area contributed by atoms with E-state index in [0.29, 0.717) is 6.54 Å². The van der Waals surface area contributed by atoms with Crippen LogP contribution in [0.2, 0.25) is 0 Å². The predicted molar refractivity (Wildman–Crippen MR) is 93.1 cm³/mol. The highest BCUT2D eigenvalue weighted by Crippen LogP contribution is 2.25. The number of rotatable bonds is 2. The Morgan fingerprint density at radius 2 is 2.00 bits per heavy atom. The predicted octanol–water partition coefficient (Wildman–Crippen LogP) is 3.65. The van der Waals surface area contributed by atoms with Crippen LogP contribution in [-0.4, -0.2) is 45.1 Å². The molecular formula is C16H28N4O2S. The number of hydrogen-bond donors (Lipinski definition) is 1. The van der Waals surface area contributed by atoms with Crippen LogP contribution in [0.5, 0.6) is 0 Å². The summed E-state index contributed by atoms with van der Waals surface area (Å²) in [6.45, 7) is 13.4. The fourth-order valence-electron chi connectivity index (χ4n) is 2.35. The van der Waals surface area contributed by atoms with Crippen molar-refractivity contribution in [3.05, 3.63) is 5.82 Å². The van der Waals surface area contributed by atoms with Gasteiger partial charge in [-0.15, -0.1) is 0 Å². The van der Waals surface area contributed by atoms with E-state index in [-0.39, 0.29) is 17.6 Å². The van der Waals surface area contributed by atoms with Crippen LogP contribution in [0.1, 0.15) is 60.2 Å². The van der Waals surface area contributed by atoms with E-state index >= 15 is 0 Å². The van der Waals surface area contributed by atoms with Crippen LogP contribution in [-0.2, 0) is 10.2 Å². The summed E-state index contributed by atoms with van der Waals surface area (Å²) in [6.07, 6.45) is 1.74. The van der Waals surface area contributed by atoms with Crippen molar-refractivity contribution in [3.63, 3.8) is 0 Å². The zero-order valence-corrected chi connectivity index (χ0v) is 15.8. The van der Waals surface area contributed by atoms with Gasteiger partial charge in [-0.25, -0.2) is 9.78 Å². The van der Waals surface area contributed by atoms with Gasteiger partial charge in [0.1, 0.15) is 11.4 Å². The number of likely N-dealkylation sites (tertiary alicyclic amines) is 1. The first-order valence-corrected chi connectivity index (χ1v) is 8.90. The number of carbonyl (C=O) groups excluding carboxylic acids is 1. The molecular weight excluding hydrogens is 312 g/mol. The second-order valence-electron chi connectivity index (χ2n) is 8.08.